The molecule has 1 heterocycles. The summed E-state index contributed by atoms with van der Waals surface area (Å²) in [7, 11) is -2.53. The average molecular weight is 431 g/mol. The predicted molar refractivity (Wildman–Crippen MR) is 109 cm³/mol. The molecule has 9 nitrogen and oxygen atoms in total. The van der Waals surface area contributed by atoms with Crippen molar-refractivity contribution in [1.82, 2.24) is 15.2 Å². The van der Waals surface area contributed by atoms with E-state index in [-0.39, 0.29) is 11.7 Å². The Balaban J connectivity index is 1.50. The monoisotopic (exact) mass is 431 g/mol. The molecule has 2 N–H and O–H groups in total. The van der Waals surface area contributed by atoms with Crippen molar-refractivity contribution in [3.63, 3.8) is 0 Å². The number of aryl methyl sites for hydroxylation is 1. The van der Waals surface area contributed by atoms with Crippen molar-refractivity contribution < 1.29 is 27.5 Å². The van der Waals surface area contributed by atoms with Crippen molar-refractivity contribution in [2.24, 2.45) is 0 Å². The van der Waals surface area contributed by atoms with Crippen LogP contribution in [0.25, 0.3) is 6.08 Å². The number of benzene rings is 2. The summed E-state index contributed by atoms with van der Waals surface area (Å²) in [6.07, 6.45) is 2.77. The van der Waals surface area contributed by atoms with Gasteiger partial charge in [-0.2, -0.15) is 4.31 Å². The maximum Gasteiger partial charge on any atom is 0.262 e. The first kappa shape index (κ1) is 21.3. The van der Waals surface area contributed by atoms with E-state index in [1.807, 2.05) is 6.92 Å². The van der Waals surface area contributed by atoms with Gasteiger partial charge in [-0.25, -0.2) is 8.42 Å². The highest BCUT2D eigenvalue weighted by molar-refractivity contribution is 7.89. The Morgan fingerprint density at radius 3 is 2.50 bits per heavy atom. The number of amides is 2. The van der Waals surface area contributed by atoms with Gasteiger partial charge in [-0.3, -0.25) is 20.4 Å². The third-order valence-corrected chi connectivity index (χ3v) is 6.06. The van der Waals surface area contributed by atoms with Gasteiger partial charge in [0.25, 0.3) is 11.8 Å². The second-order valence-electron chi connectivity index (χ2n) is 6.56. The van der Waals surface area contributed by atoms with Crippen LogP contribution >= 0.6 is 0 Å². The Hall–Kier alpha value is -3.37. The molecule has 30 heavy (non-hydrogen) atoms. The lowest BCUT2D eigenvalue weighted by Gasteiger charge is -2.17. The number of hydrogen-bond donors (Lipinski definition) is 2. The third-order valence-electron chi connectivity index (χ3n) is 4.24. The fourth-order valence-corrected chi connectivity index (χ4v) is 3.71. The summed E-state index contributed by atoms with van der Waals surface area (Å²) in [5.74, 6) is -0.0414. The molecule has 0 saturated carbocycles. The van der Waals surface area contributed by atoms with Crippen molar-refractivity contribution in [3.8, 4) is 11.5 Å². The number of sulfonamides is 1. The molecule has 0 unspecified atom stereocenters. The number of carbonyl (C=O) groups is 2. The quantitative estimate of drug-likeness (QED) is 0.525. The molecule has 10 heteroatoms. The van der Waals surface area contributed by atoms with Crippen LogP contribution in [-0.2, 0) is 19.6 Å². The van der Waals surface area contributed by atoms with Crippen molar-refractivity contribution in [2.75, 3.05) is 20.4 Å². The van der Waals surface area contributed by atoms with E-state index in [0.717, 1.165) is 9.87 Å². The van der Waals surface area contributed by atoms with Crippen molar-refractivity contribution in [2.45, 2.75) is 11.8 Å². The summed E-state index contributed by atoms with van der Waals surface area (Å²) in [6, 6.07) is 11.5. The summed E-state index contributed by atoms with van der Waals surface area (Å²) in [6.45, 7) is 1.54. The van der Waals surface area contributed by atoms with Crippen LogP contribution in [0.1, 0.15) is 11.1 Å². The molecular weight excluding hydrogens is 410 g/mol. The van der Waals surface area contributed by atoms with Crippen LogP contribution in [-0.4, -0.2) is 44.9 Å². The number of hydrogen-bond acceptors (Lipinski definition) is 6. The number of rotatable bonds is 6. The highest BCUT2D eigenvalue weighted by Crippen LogP contribution is 2.32. The minimum absolute atomic E-state index is 0.0825. The molecule has 1 aliphatic heterocycles. The van der Waals surface area contributed by atoms with Crippen molar-refractivity contribution in [3.05, 3.63) is 59.7 Å². The van der Waals surface area contributed by atoms with Crippen LogP contribution in [0.4, 0.5) is 0 Å². The molecular formula is C20H21N3O6S. The molecule has 2 amide bonds. The smallest absolute Gasteiger partial charge is 0.262 e. The lowest BCUT2D eigenvalue weighted by atomic mass is 10.2. The highest BCUT2D eigenvalue weighted by Gasteiger charge is 2.22. The second kappa shape index (κ2) is 8.97. The molecule has 0 spiro atoms. The minimum atomic E-state index is -3.82. The van der Waals surface area contributed by atoms with Crippen LogP contribution in [0, 0.1) is 6.92 Å². The standard InChI is InChI=1S/C20H21N3O6S/c1-14-3-7-16(8-4-14)30(26,27)23(2)12-20(25)22-21-19(24)10-6-15-5-9-17-18(11-15)29-13-28-17/h3-11H,12-13H2,1-2H3,(H,21,24)(H,22,25)/b10-6+. The number of fused-ring (bicyclic) bond motifs is 1. The fraction of sp³-hybridized carbons (Fsp3) is 0.200. The van der Waals surface area contributed by atoms with Gasteiger partial charge >= 0.3 is 0 Å². The Labute approximate surface area is 174 Å². The van der Waals surface area contributed by atoms with E-state index >= 15 is 0 Å². The lowest BCUT2D eigenvalue weighted by molar-refractivity contribution is -0.126. The predicted octanol–water partition coefficient (Wildman–Crippen LogP) is 1.21. The summed E-state index contributed by atoms with van der Waals surface area (Å²) in [5.41, 5.74) is 6.02. The number of hydrazine groups is 1. The molecule has 158 valence electrons. The topological polar surface area (TPSA) is 114 Å². The highest BCUT2D eigenvalue weighted by atomic mass is 32.2. The summed E-state index contributed by atoms with van der Waals surface area (Å²) >= 11 is 0. The normalized spacial score (nSPS) is 12.9. The molecule has 0 fully saturated rings. The summed E-state index contributed by atoms with van der Waals surface area (Å²) in [5, 5.41) is 0. The Morgan fingerprint density at radius 2 is 1.77 bits per heavy atom. The Bertz CT molecular complexity index is 1080. The minimum Gasteiger partial charge on any atom is -0.454 e. The zero-order chi connectivity index (χ0) is 21.7. The molecule has 2 aromatic rings. The summed E-state index contributed by atoms with van der Waals surface area (Å²) < 4.78 is 36.3. The zero-order valence-electron chi connectivity index (χ0n) is 16.4. The maximum atomic E-state index is 12.5. The van der Waals surface area contributed by atoms with Crippen LogP contribution in [0.5, 0.6) is 11.5 Å². The van der Waals surface area contributed by atoms with Gasteiger partial charge in [0.2, 0.25) is 16.8 Å². The number of likely N-dealkylation sites (N-methyl/N-ethyl adjacent to an activating group) is 1. The molecule has 0 bridgehead atoms. The number of nitrogens with zero attached hydrogens (tertiary/aromatic N) is 1. The van der Waals surface area contributed by atoms with Gasteiger partial charge in [0.15, 0.2) is 11.5 Å². The van der Waals surface area contributed by atoms with E-state index in [1.54, 1.807) is 30.3 Å². The van der Waals surface area contributed by atoms with E-state index < -0.39 is 28.4 Å². The molecule has 0 saturated heterocycles. The molecule has 2 aromatic carbocycles. The number of carbonyl (C=O) groups excluding carboxylic acids is 2. The Kier molecular flexibility index (Phi) is 6.38. The number of nitrogens with one attached hydrogen (secondary N) is 2. The molecule has 0 aliphatic carbocycles. The van der Waals surface area contributed by atoms with Gasteiger partial charge in [-0.1, -0.05) is 23.8 Å². The molecule has 1 aliphatic rings. The SMILES string of the molecule is Cc1ccc(S(=O)(=O)N(C)CC(=O)NNC(=O)/C=C/c2ccc3c(c2)OCO3)cc1. The van der Waals surface area contributed by atoms with Gasteiger partial charge in [0.05, 0.1) is 11.4 Å². The molecule has 3 rings (SSSR count). The molecule has 0 radical (unpaired) electrons. The van der Waals surface area contributed by atoms with Gasteiger partial charge < -0.3 is 9.47 Å². The first-order chi connectivity index (χ1) is 14.3. The first-order valence-corrected chi connectivity index (χ1v) is 10.4. The zero-order valence-corrected chi connectivity index (χ0v) is 17.2. The Morgan fingerprint density at radius 1 is 1.07 bits per heavy atom. The molecule has 0 atom stereocenters. The van der Waals surface area contributed by atoms with E-state index in [4.69, 9.17) is 9.47 Å². The molecule has 0 aromatic heterocycles. The van der Waals surface area contributed by atoms with Gasteiger partial charge in [0, 0.05) is 13.1 Å². The maximum absolute atomic E-state index is 12.5. The van der Waals surface area contributed by atoms with Crippen LogP contribution in [0.3, 0.4) is 0 Å². The van der Waals surface area contributed by atoms with Crippen LogP contribution in [0.15, 0.2) is 53.4 Å². The second-order valence-corrected chi connectivity index (χ2v) is 8.60. The van der Waals surface area contributed by atoms with Gasteiger partial charge in [0.1, 0.15) is 0 Å². The van der Waals surface area contributed by atoms with Gasteiger partial charge in [-0.05, 0) is 42.8 Å². The largest absolute Gasteiger partial charge is 0.454 e. The van der Waals surface area contributed by atoms with E-state index in [1.165, 1.54) is 31.3 Å². The first-order valence-electron chi connectivity index (χ1n) is 8.95. The van der Waals surface area contributed by atoms with Crippen LogP contribution in [0.2, 0.25) is 0 Å². The lowest BCUT2D eigenvalue weighted by Crippen LogP contribution is -2.46. The van der Waals surface area contributed by atoms with E-state index in [0.29, 0.717) is 17.1 Å². The van der Waals surface area contributed by atoms with Crippen molar-refractivity contribution in [1.29, 1.82) is 0 Å². The number of ether oxygens (including phenoxy) is 2. The van der Waals surface area contributed by atoms with Gasteiger partial charge in [-0.15, -0.1) is 0 Å². The summed E-state index contributed by atoms with van der Waals surface area (Å²) in [4.78, 5) is 24.0. The fourth-order valence-electron chi connectivity index (χ4n) is 2.58. The van der Waals surface area contributed by atoms with E-state index in [9.17, 15) is 18.0 Å². The van der Waals surface area contributed by atoms with Crippen molar-refractivity contribution >= 4 is 27.9 Å². The third kappa shape index (κ3) is 5.16. The van der Waals surface area contributed by atoms with Crippen LogP contribution < -0.4 is 20.3 Å². The average Bonchev–Trinajstić information content (AvgIpc) is 3.19. The van der Waals surface area contributed by atoms with E-state index in [2.05, 4.69) is 10.9 Å².